The Morgan fingerprint density at radius 2 is 2.04 bits per heavy atom. The van der Waals surface area contributed by atoms with Gasteiger partial charge in [-0.05, 0) is 48.9 Å². The van der Waals surface area contributed by atoms with Crippen molar-refractivity contribution < 1.29 is 19.4 Å². The van der Waals surface area contributed by atoms with E-state index in [1.807, 2.05) is 12.1 Å². The van der Waals surface area contributed by atoms with Gasteiger partial charge in [-0.3, -0.25) is 4.79 Å². The molecule has 2 aromatic rings. The average Bonchev–Trinajstić information content (AvgIpc) is 2.56. The fourth-order valence-corrected chi connectivity index (χ4v) is 2.41. The van der Waals surface area contributed by atoms with Crippen LogP contribution in [-0.2, 0) is 0 Å². The standard InChI is InChI=1S/C18H17NO4/c1-11-9-12-10-13(7-8-15(12)23-18(11)21)19-17(20)14-5-3-4-6-16(14)22-2/h3-10,18,21H,1-2H3,(H,19,20). The van der Waals surface area contributed by atoms with Crippen LogP contribution in [0, 0.1) is 0 Å². The molecule has 0 spiro atoms. The zero-order valence-corrected chi connectivity index (χ0v) is 12.9. The van der Waals surface area contributed by atoms with Crippen LogP contribution in [0.3, 0.4) is 0 Å². The van der Waals surface area contributed by atoms with E-state index in [0.717, 1.165) is 5.56 Å². The number of anilines is 1. The molecule has 0 radical (unpaired) electrons. The first kappa shape index (κ1) is 15.1. The Labute approximate surface area is 134 Å². The van der Waals surface area contributed by atoms with Crippen molar-refractivity contribution in [1.82, 2.24) is 0 Å². The SMILES string of the molecule is COc1ccccc1C(=O)Nc1ccc2c(c1)C=C(C)C(O)O2. The van der Waals surface area contributed by atoms with Crippen LogP contribution < -0.4 is 14.8 Å². The second kappa shape index (κ2) is 6.14. The highest BCUT2D eigenvalue weighted by Crippen LogP contribution is 2.31. The number of aliphatic hydroxyl groups is 1. The highest BCUT2D eigenvalue weighted by molar-refractivity contribution is 6.06. The van der Waals surface area contributed by atoms with Crippen molar-refractivity contribution in [3.8, 4) is 11.5 Å². The first-order chi connectivity index (χ1) is 11.1. The molecule has 5 nitrogen and oxygen atoms in total. The number of nitrogens with one attached hydrogen (secondary N) is 1. The number of hydrogen-bond donors (Lipinski definition) is 2. The molecule has 0 bridgehead atoms. The molecular formula is C18H17NO4. The van der Waals surface area contributed by atoms with Crippen LogP contribution in [0.2, 0.25) is 0 Å². The van der Waals surface area contributed by atoms with Gasteiger partial charge in [0, 0.05) is 11.3 Å². The molecule has 3 rings (SSSR count). The summed E-state index contributed by atoms with van der Waals surface area (Å²) in [5.74, 6) is 0.850. The second-order valence-electron chi connectivity index (χ2n) is 5.27. The number of hydrogen-bond acceptors (Lipinski definition) is 4. The highest BCUT2D eigenvalue weighted by atomic mass is 16.6. The molecule has 1 unspecified atom stereocenters. The molecule has 1 amide bonds. The van der Waals surface area contributed by atoms with Gasteiger partial charge in [0.25, 0.3) is 5.91 Å². The Morgan fingerprint density at radius 3 is 2.83 bits per heavy atom. The molecule has 0 aliphatic carbocycles. The summed E-state index contributed by atoms with van der Waals surface area (Å²) in [4.78, 5) is 12.4. The molecule has 0 aromatic heterocycles. The van der Waals surface area contributed by atoms with Crippen molar-refractivity contribution >= 4 is 17.7 Å². The first-order valence-corrected chi connectivity index (χ1v) is 7.20. The average molecular weight is 311 g/mol. The van der Waals surface area contributed by atoms with Crippen LogP contribution in [-0.4, -0.2) is 24.4 Å². The monoisotopic (exact) mass is 311 g/mol. The highest BCUT2D eigenvalue weighted by Gasteiger charge is 2.18. The van der Waals surface area contributed by atoms with Gasteiger partial charge in [0.05, 0.1) is 12.7 Å². The van der Waals surface area contributed by atoms with E-state index >= 15 is 0 Å². The molecule has 1 atom stereocenters. The molecule has 2 N–H and O–H groups in total. The third-order valence-corrected chi connectivity index (χ3v) is 3.63. The summed E-state index contributed by atoms with van der Waals surface area (Å²) in [6.07, 6.45) is 0.916. The number of carbonyl (C=O) groups is 1. The lowest BCUT2D eigenvalue weighted by Crippen LogP contribution is -2.20. The molecule has 1 aliphatic rings. The molecular weight excluding hydrogens is 294 g/mol. The number of methoxy groups -OCH3 is 1. The number of benzene rings is 2. The number of carbonyl (C=O) groups excluding carboxylic acids is 1. The number of fused-ring (bicyclic) bond motifs is 1. The van der Waals surface area contributed by atoms with Crippen LogP contribution >= 0.6 is 0 Å². The second-order valence-corrected chi connectivity index (χ2v) is 5.27. The van der Waals surface area contributed by atoms with Crippen molar-refractivity contribution in [1.29, 1.82) is 0 Å². The van der Waals surface area contributed by atoms with Crippen LogP contribution in [0.4, 0.5) is 5.69 Å². The first-order valence-electron chi connectivity index (χ1n) is 7.20. The van der Waals surface area contributed by atoms with Gasteiger partial charge in [0.15, 0.2) is 0 Å². The Morgan fingerprint density at radius 1 is 1.26 bits per heavy atom. The van der Waals surface area contributed by atoms with Crippen LogP contribution in [0.15, 0.2) is 48.0 Å². The van der Waals surface area contributed by atoms with Crippen LogP contribution in [0.25, 0.3) is 6.08 Å². The Bertz CT molecular complexity index is 782. The van der Waals surface area contributed by atoms with E-state index in [1.165, 1.54) is 7.11 Å². The minimum Gasteiger partial charge on any atom is -0.496 e. The molecule has 118 valence electrons. The largest absolute Gasteiger partial charge is 0.496 e. The summed E-state index contributed by atoms with van der Waals surface area (Å²) >= 11 is 0. The summed E-state index contributed by atoms with van der Waals surface area (Å²) in [5, 5.41) is 12.5. The smallest absolute Gasteiger partial charge is 0.259 e. The summed E-state index contributed by atoms with van der Waals surface area (Å²) in [6.45, 7) is 1.79. The van der Waals surface area contributed by atoms with Crippen LogP contribution in [0.1, 0.15) is 22.8 Å². The summed E-state index contributed by atoms with van der Waals surface area (Å²) < 4.78 is 10.6. The van der Waals surface area contributed by atoms with Crippen molar-refractivity contribution in [3.05, 3.63) is 59.2 Å². The van der Waals surface area contributed by atoms with Crippen molar-refractivity contribution in [2.24, 2.45) is 0 Å². The van der Waals surface area contributed by atoms with E-state index in [-0.39, 0.29) is 5.91 Å². The lowest BCUT2D eigenvalue weighted by Gasteiger charge is -2.21. The summed E-state index contributed by atoms with van der Waals surface area (Å²) in [7, 11) is 1.53. The van der Waals surface area contributed by atoms with Gasteiger partial charge in [-0.1, -0.05) is 12.1 Å². The lowest BCUT2D eigenvalue weighted by atomic mass is 10.1. The van der Waals surface area contributed by atoms with Gasteiger partial charge < -0.3 is 19.9 Å². The molecule has 1 aliphatic heterocycles. The van der Waals surface area contributed by atoms with Gasteiger partial charge in [-0.15, -0.1) is 0 Å². The molecule has 5 heteroatoms. The summed E-state index contributed by atoms with van der Waals surface area (Å²) in [5.41, 5.74) is 2.63. The minimum atomic E-state index is -0.920. The molecule has 2 aromatic carbocycles. The quantitative estimate of drug-likeness (QED) is 0.914. The van der Waals surface area contributed by atoms with Crippen molar-refractivity contribution in [2.75, 3.05) is 12.4 Å². The van der Waals surface area contributed by atoms with E-state index in [0.29, 0.717) is 28.3 Å². The zero-order chi connectivity index (χ0) is 16.4. The molecule has 0 saturated carbocycles. The number of aliphatic hydroxyl groups excluding tert-OH is 1. The predicted octanol–water partition coefficient (Wildman–Crippen LogP) is 3.06. The summed E-state index contributed by atoms with van der Waals surface area (Å²) in [6, 6.07) is 12.3. The zero-order valence-electron chi connectivity index (χ0n) is 12.9. The maximum atomic E-state index is 12.4. The van der Waals surface area contributed by atoms with Gasteiger partial charge in [-0.25, -0.2) is 0 Å². The number of para-hydroxylation sites is 1. The van der Waals surface area contributed by atoms with Crippen molar-refractivity contribution in [2.45, 2.75) is 13.2 Å². The van der Waals surface area contributed by atoms with E-state index in [9.17, 15) is 9.90 Å². The third kappa shape index (κ3) is 3.05. The molecule has 0 fully saturated rings. The van der Waals surface area contributed by atoms with Gasteiger partial charge in [-0.2, -0.15) is 0 Å². The topological polar surface area (TPSA) is 67.8 Å². The maximum absolute atomic E-state index is 12.4. The van der Waals surface area contributed by atoms with Crippen LogP contribution in [0.5, 0.6) is 11.5 Å². The predicted molar refractivity (Wildman–Crippen MR) is 87.7 cm³/mol. The molecule has 0 saturated heterocycles. The fraction of sp³-hybridized carbons (Fsp3) is 0.167. The molecule has 23 heavy (non-hydrogen) atoms. The van der Waals surface area contributed by atoms with Gasteiger partial charge >= 0.3 is 0 Å². The minimum absolute atomic E-state index is 0.250. The fourth-order valence-electron chi connectivity index (χ4n) is 2.41. The lowest BCUT2D eigenvalue weighted by molar-refractivity contribution is 0.0130. The van der Waals surface area contributed by atoms with E-state index in [4.69, 9.17) is 9.47 Å². The van der Waals surface area contributed by atoms with E-state index in [2.05, 4.69) is 5.32 Å². The van der Waals surface area contributed by atoms with Gasteiger partial charge in [0.2, 0.25) is 6.29 Å². The van der Waals surface area contributed by atoms with E-state index < -0.39 is 6.29 Å². The number of rotatable bonds is 3. The number of ether oxygens (including phenoxy) is 2. The normalized spacial score (nSPS) is 16.0. The third-order valence-electron chi connectivity index (χ3n) is 3.63. The van der Waals surface area contributed by atoms with E-state index in [1.54, 1.807) is 43.3 Å². The van der Waals surface area contributed by atoms with Crippen molar-refractivity contribution in [3.63, 3.8) is 0 Å². The number of amides is 1. The molecule has 1 heterocycles. The maximum Gasteiger partial charge on any atom is 0.259 e. The Hall–Kier alpha value is -2.79. The Kier molecular flexibility index (Phi) is 4.04. The Balaban J connectivity index is 1.85. The van der Waals surface area contributed by atoms with Gasteiger partial charge in [0.1, 0.15) is 11.5 Å².